The van der Waals surface area contributed by atoms with E-state index in [1.54, 1.807) is 30.3 Å². The highest BCUT2D eigenvalue weighted by molar-refractivity contribution is 9.10. The largest absolute Gasteiger partial charge is 0.493 e. The lowest BCUT2D eigenvalue weighted by Gasteiger charge is -2.14. The van der Waals surface area contributed by atoms with Crippen LogP contribution in [-0.4, -0.2) is 27.0 Å². The zero-order chi connectivity index (χ0) is 20.7. The third-order valence-corrected chi connectivity index (χ3v) is 5.99. The van der Waals surface area contributed by atoms with Gasteiger partial charge in [0.1, 0.15) is 5.75 Å². The Morgan fingerprint density at radius 1 is 1.18 bits per heavy atom. The molecule has 0 aliphatic carbocycles. The number of carbonyl (C=O) groups excluding carboxylic acids is 1. The first-order chi connectivity index (χ1) is 13.3. The van der Waals surface area contributed by atoms with Gasteiger partial charge in [-0.1, -0.05) is 19.4 Å². The summed E-state index contributed by atoms with van der Waals surface area (Å²) < 4.78 is 34.1. The van der Waals surface area contributed by atoms with Gasteiger partial charge in [0.15, 0.2) is 0 Å². The summed E-state index contributed by atoms with van der Waals surface area (Å²) in [5, 5.41) is 2.88. The van der Waals surface area contributed by atoms with Crippen molar-refractivity contribution in [2.75, 3.05) is 11.3 Å². The maximum absolute atomic E-state index is 12.7. The van der Waals surface area contributed by atoms with Crippen LogP contribution in [-0.2, 0) is 10.0 Å². The maximum Gasteiger partial charge on any atom is 0.261 e. The molecule has 0 aliphatic rings. The fourth-order valence-electron chi connectivity index (χ4n) is 2.67. The van der Waals surface area contributed by atoms with Gasteiger partial charge in [-0.25, -0.2) is 8.42 Å². The lowest BCUT2D eigenvalue weighted by molar-refractivity contribution is 0.0938. The molecule has 0 fully saturated rings. The summed E-state index contributed by atoms with van der Waals surface area (Å²) in [6, 6.07) is 10.9. The van der Waals surface area contributed by atoms with Gasteiger partial charge < -0.3 is 10.1 Å². The second kappa shape index (κ2) is 9.93. The van der Waals surface area contributed by atoms with E-state index in [1.165, 1.54) is 12.1 Å². The Kier molecular flexibility index (Phi) is 7.88. The topological polar surface area (TPSA) is 84.5 Å². The number of halogens is 1. The Labute approximate surface area is 174 Å². The summed E-state index contributed by atoms with van der Waals surface area (Å²) >= 11 is 3.37. The normalized spacial score (nSPS) is 12.3. The van der Waals surface area contributed by atoms with E-state index in [1.807, 2.05) is 20.8 Å². The predicted octanol–water partition coefficient (Wildman–Crippen LogP) is 4.57. The van der Waals surface area contributed by atoms with Gasteiger partial charge in [0, 0.05) is 11.6 Å². The summed E-state index contributed by atoms with van der Waals surface area (Å²) in [7, 11) is -3.84. The van der Waals surface area contributed by atoms with E-state index in [9.17, 15) is 13.2 Å². The average molecular weight is 469 g/mol. The molecule has 0 aliphatic heterocycles. The monoisotopic (exact) mass is 468 g/mol. The van der Waals surface area contributed by atoms with Crippen LogP contribution in [0.4, 0.5) is 5.69 Å². The molecule has 2 aromatic carbocycles. The SMILES string of the molecule is CCCC(C)NC(=O)c1cccc(S(=O)(=O)Nc2ccc(OCC)c(Br)c2)c1. The highest BCUT2D eigenvalue weighted by Crippen LogP contribution is 2.29. The van der Waals surface area contributed by atoms with Crippen molar-refractivity contribution in [3.8, 4) is 5.75 Å². The molecule has 0 spiro atoms. The number of carbonyl (C=O) groups is 1. The summed E-state index contributed by atoms with van der Waals surface area (Å²) in [5.41, 5.74) is 0.695. The lowest BCUT2D eigenvalue weighted by Crippen LogP contribution is -2.32. The van der Waals surface area contributed by atoms with E-state index in [4.69, 9.17) is 4.74 Å². The molecule has 28 heavy (non-hydrogen) atoms. The molecule has 6 nitrogen and oxygen atoms in total. The van der Waals surface area contributed by atoms with Crippen LogP contribution in [0.3, 0.4) is 0 Å². The minimum atomic E-state index is -3.84. The number of anilines is 1. The van der Waals surface area contributed by atoms with Gasteiger partial charge in [-0.2, -0.15) is 0 Å². The second-order valence-electron chi connectivity index (χ2n) is 6.37. The van der Waals surface area contributed by atoms with Crippen molar-refractivity contribution >= 4 is 37.5 Å². The highest BCUT2D eigenvalue weighted by atomic mass is 79.9. The number of sulfonamides is 1. The predicted molar refractivity (Wildman–Crippen MR) is 114 cm³/mol. The van der Waals surface area contributed by atoms with Gasteiger partial charge in [0.25, 0.3) is 15.9 Å². The lowest BCUT2D eigenvalue weighted by atomic mass is 10.1. The molecule has 0 heterocycles. The first kappa shape index (κ1) is 22.2. The van der Waals surface area contributed by atoms with Crippen LogP contribution in [0, 0.1) is 0 Å². The molecule has 152 valence electrons. The van der Waals surface area contributed by atoms with Crippen LogP contribution in [0.2, 0.25) is 0 Å². The third-order valence-electron chi connectivity index (χ3n) is 3.99. The molecule has 0 bridgehead atoms. The number of hydrogen-bond acceptors (Lipinski definition) is 4. The van der Waals surface area contributed by atoms with Crippen molar-refractivity contribution in [1.82, 2.24) is 5.32 Å². The van der Waals surface area contributed by atoms with Crippen LogP contribution in [0.5, 0.6) is 5.75 Å². The molecule has 2 aromatic rings. The second-order valence-corrected chi connectivity index (χ2v) is 8.91. The summed E-state index contributed by atoms with van der Waals surface area (Å²) in [6.45, 7) is 6.35. The molecule has 2 N–H and O–H groups in total. The summed E-state index contributed by atoms with van der Waals surface area (Å²) in [6.07, 6.45) is 1.81. The average Bonchev–Trinajstić information content (AvgIpc) is 2.64. The minimum Gasteiger partial charge on any atom is -0.493 e. The van der Waals surface area contributed by atoms with Crippen LogP contribution >= 0.6 is 15.9 Å². The van der Waals surface area contributed by atoms with Crippen molar-refractivity contribution < 1.29 is 17.9 Å². The Hall–Kier alpha value is -2.06. The van der Waals surface area contributed by atoms with Gasteiger partial charge in [-0.3, -0.25) is 9.52 Å². The standard InChI is InChI=1S/C20H25BrN2O4S/c1-4-7-14(3)22-20(24)15-8-6-9-17(12-15)28(25,26)23-16-10-11-19(27-5-2)18(21)13-16/h6,8-14,23H,4-5,7H2,1-3H3,(H,22,24). The number of amides is 1. The molecule has 1 unspecified atom stereocenters. The molecule has 0 saturated heterocycles. The van der Waals surface area contributed by atoms with E-state index in [2.05, 4.69) is 26.0 Å². The van der Waals surface area contributed by atoms with Crippen molar-refractivity contribution in [1.29, 1.82) is 0 Å². The fraction of sp³-hybridized carbons (Fsp3) is 0.350. The zero-order valence-electron chi connectivity index (χ0n) is 16.2. The maximum atomic E-state index is 12.7. The van der Waals surface area contributed by atoms with Crippen molar-refractivity contribution in [2.24, 2.45) is 0 Å². The first-order valence-corrected chi connectivity index (χ1v) is 11.4. The molecule has 1 atom stereocenters. The van der Waals surface area contributed by atoms with Crippen LogP contribution in [0.25, 0.3) is 0 Å². The Morgan fingerprint density at radius 2 is 1.93 bits per heavy atom. The van der Waals surface area contributed by atoms with Crippen LogP contribution in [0.15, 0.2) is 51.8 Å². The van der Waals surface area contributed by atoms with Crippen molar-refractivity contribution in [3.05, 3.63) is 52.5 Å². The summed E-state index contributed by atoms with van der Waals surface area (Å²) in [4.78, 5) is 12.4. The zero-order valence-corrected chi connectivity index (χ0v) is 18.6. The van der Waals surface area contributed by atoms with Gasteiger partial charge in [-0.15, -0.1) is 0 Å². The van der Waals surface area contributed by atoms with Gasteiger partial charge >= 0.3 is 0 Å². The smallest absolute Gasteiger partial charge is 0.261 e. The molecule has 8 heteroatoms. The van der Waals surface area contributed by atoms with Gasteiger partial charge in [0.2, 0.25) is 0 Å². The van der Waals surface area contributed by atoms with E-state index in [0.29, 0.717) is 28.1 Å². The number of nitrogens with one attached hydrogen (secondary N) is 2. The van der Waals surface area contributed by atoms with E-state index >= 15 is 0 Å². The highest BCUT2D eigenvalue weighted by Gasteiger charge is 2.18. The molecule has 0 aromatic heterocycles. The molecular formula is C20H25BrN2O4S. The van der Waals surface area contributed by atoms with Crippen molar-refractivity contribution in [3.63, 3.8) is 0 Å². The van der Waals surface area contributed by atoms with E-state index < -0.39 is 10.0 Å². The molecule has 1 amide bonds. The fourth-order valence-corrected chi connectivity index (χ4v) is 4.26. The minimum absolute atomic E-state index is 0.0216. The number of rotatable bonds is 9. The molecule has 2 rings (SSSR count). The Bertz CT molecular complexity index is 932. The molecule has 0 radical (unpaired) electrons. The number of ether oxygens (including phenoxy) is 1. The summed E-state index contributed by atoms with van der Waals surface area (Å²) in [5.74, 6) is 0.340. The third kappa shape index (κ3) is 5.97. The van der Waals surface area contributed by atoms with Crippen molar-refractivity contribution in [2.45, 2.75) is 44.6 Å². The quantitative estimate of drug-likeness (QED) is 0.564. The molecule has 0 saturated carbocycles. The molecular weight excluding hydrogens is 444 g/mol. The first-order valence-electron chi connectivity index (χ1n) is 9.13. The Balaban J connectivity index is 2.19. The van der Waals surface area contributed by atoms with Crippen LogP contribution < -0.4 is 14.8 Å². The number of benzene rings is 2. The Morgan fingerprint density at radius 3 is 2.57 bits per heavy atom. The van der Waals surface area contributed by atoms with E-state index in [-0.39, 0.29) is 16.8 Å². The number of hydrogen-bond donors (Lipinski definition) is 2. The van der Waals surface area contributed by atoms with Gasteiger partial charge in [0.05, 0.1) is 21.7 Å². The van der Waals surface area contributed by atoms with Gasteiger partial charge in [-0.05, 0) is 72.6 Å². The van der Waals surface area contributed by atoms with Crippen LogP contribution in [0.1, 0.15) is 44.0 Å². The van der Waals surface area contributed by atoms with E-state index in [0.717, 1.165) is 12.8 Å².